The molecule has 0 atom stereocenters. The SMILES string of the molecule is Cc1cccc(C)c1CC(C)(C)N=NC(C)(C)C. The van der Waals surface area contributed by atoms with E-state index < -0.39 is 0 Å². The number of azo groups is 1. The standard InChI is InChI=1S/C16H26N2/c1-12-9-8-10-13(2)14(12)11-16(6,7)18-17-15(3,4)5/h8-10H,11H2,1-7H3. The first-order valence-corrected chi connectivity index (χ1v) is 6.60. The summed E-state index contributed by atoms with van der Waals surface area (Å²) in [5, 5.41) is 8.94. The average molecular weight is 246 g/mol. The number of hydrogen-bond donors (Lipinski definition) is 0. The van der Waals surface area contributed by atoms with E-state index in [4.69, 9.17) is 0 Å². The summed E-state index contributed by atoms with van der Waals surface area (Å²) in [5.41, 5.74) is 3.83. The first kappa shape index (κ1) is 14.9. The van der Waals surface area contributed by atoms with Crippen molar-refractivity contribution in [3.05, 3.63) is 34.9 Å². The monoisotopic (exact) mass is 246 g/mol. The molecule has 0 heterocycles. The molecular formula is C16H26N2. The molecule has 0 bridgehead atoms. The van der Waals surface area contributed by atoms with Gasteiger partial charge in [0.15, 0.2) is 0 Å². The van der Waals surface area contributed by atoms with Crippen molar-refractivity contribution in [2.75, 3.05) is 0 Å². The summed E-state index contributed by atoms with van der Waals surface area (Å²) >= 11 is 0. The van der Waals surface area contributed by atoms with Crippen molar-refractivity contribution < 1.29 is 0 Å². The molecule has 0 aliphatic rings. The Balaban J connectivity index is 2.92. The molecule has 0 unspecified atom stereocenters. The summed E-state index contributed by atoms with van der Waals surface area (Å²) in [7, 11) is 0. The van der Waals surface area contributed by atoms with Crippen LogP contribution in [-0.2, 0) is 6.42 Å². The Morgan fingerprint density at radius 2 is 1.39 bits per heavy atom. The van der Waals surface area contributed by atoms with Crippen LogP contribution in [0.5, 0.6) is 0 Å². The van der Waals surface area contributed by atoms with E-state index in [1.807, 2.05) is 0 Å². The van der Waals surface area contributed by atoms with E-state index >= 15 is 0 Å². The Hall–Kier alpha value is -1.18. The highest BCUT2D eigenvalue weighted by molar-refractivity contribution is 5.34. The topological polar surface area (TPSA) is 24.7 Å². The van der Waals surface area contributed by atoms with Crippen LogP contribution in [0.15, 0.2) is 28.4 Å². The number of rotatable bonds is 3. The third kappa shape index (κ3) is 4.59. The second kappa shape index (κ2) is 5.21. The van der Waals surface area contributed by atoms with Crippen LogP contribution in [0.1, 0.15) is 51.3 Å². The van der Waals surface area contributed by atoms with Crippen LogP contribution >= 0.6 is 0 Å². The molecule has 0 radical (unpaired) electrons. The molecule has 0 saturated heterocycles. The van der Waals surface area contributed by atoms with Gasteiger partial charge >= 0.3 is 0 Å². The molecule has 1 rings (SSSR count). The first-order valence-electron chi connectivity index (χ1n) is 6.60. The summed E-state index contributed by atoms with van der Waals surface area (Å²) in [4.78, 5) is 0. The van der Waals surface area contributed by atoms with Gasteiger partial charge in [-0.05, 0) is 71.6 Å². The van der Waals surface area contributed by atoms with Crippen LogP contribution < -0.4 is 0 Å². The summed E-state index contributed by atoms with van der Waals surface area (Å²) in [6.07, 6.45) is 0.936. The van der Waals surface area contributed by atoms with Gasteiger partial charge in [0.25, 0.3) is 0 Å². The van der Waals surface area contributed by atoms with Crippen LogP contribution in [0.25, 0.3) is 0 Å². The number of aryl methyl sites for hydroxylation is 2. The molecule has 100 valence electrons. The minimum Gasteiger partial charge on any atom is -0.188 e. The van der Waals surface area contributed by atoms with Crippen LogP contribution in [0.2, 0.25) is 0 Å². The Bertz CT molecular complexity index is 417. The van der Waals surface area contributed by atoms with Gasteiger partial charge in [0.2, 0.25) is 0 Å². The Kier molecular flexibility index (Phi) is 4.31. The number of benzene rings is 1. The van der Waals surface area contributed by atoms with Gasteiger partial charge < -0.3 is 0 Å². The number of nitrogens with zero attached hydrogens (tertiary/aromatic N) is 2. The fourth-order valence-corrected chi connectivity index (χ4v) is 1.88. The van der Waals surface area contributed by atoms with Gasteiger partial charge in [0, 0.05) is 0 Å². The lowest BCUT2D eigenvalue weighted by atomic mass is 9.90. The lowest BCUT2D eigenvalue weighted by Gasteiger charge is -2.23. The minimum absolute atomic E-state index is 0.0992. The lowest BCUT2D eigenvalue weighted by Crippen LogP contribution is -2.22. The molecule has 0 amide bonds. The van der Waals surface area contributed by atoms with E-state index in [-0.39, 0.29) is 11.1 Å². The predicted octanol–water partition coefficient (Wildman–Crippen LogP) is 4.88. The molecule has 0 aliphatic carbocycles. The first-order chi connectivity index (χ1) is 8.11. The Labute approximate surface area is 112 Å². The summed E-state index contributed by atoms with van der Waals surface area (Å²) in [6, 6.07) is 6.44. The molecule has 1 aromatic carbocycles. The van der Waals surface area contributed by atoms with Gasteiger partial charge in [-0.25, -0.2) is 0 Å². The summed E-state index contributed by atoms with van der Waals surface area (Å²) in [5.74, 6) is 0. The van der Waals surface area contributed by atoms with Crippen molar-refractivity contribution in [2.45, 2.75) is 66.0 Å². The van der Waals surface area contributed by atoms with Crippen molar-refractivity contribution in [3.8, 4) is 0 Å². The second-order valence-corrected chi connectivity index (χ2v) is 6.73. The van der Waals surface area contributed by atoms with E-state index in [0.717, 1.165) is 6.42 Å². The Morgan fingerprint density at radius 1 is 0.889 bits per heavy atom. The lowest BCUT2D eigenvalue weighted by molar-refractivity contribution is 0.435. The highest BCUT2D eigenvalue weighted by Crippen LogP contribution is 2.24. The zero-order valence-corrected chi connectivity index (χ0v) is 12.8. The Morgan fingerprint density at radius 3 is 1.83 bits per heavy atom. The third-order valence-corrected chi connectivity index (χ3v) is 2.87. The van der Waals surface area contributed by atoms with E-state index in [1.165, 1.54) is 16.7 Å². The van der Waals surface area contributed by atoms with Crippen LogP contribution in [0.4, 0.5) is 0 Å². The maximum absolute atomic E-state index is 4.53. The van der Waals surface area contributed by atoms with Gasteiger partial charge in [0.1, 0.15) is 0 Å². The van der Waals surface area contributed by atoms with Crippen molar-refractivity contribution >= 4 is 0 Å². The highest BCUT2D eigenvalue weighted by atomic mass is 15.2. The molecule has 0 saturated carbocycles. The normalized spacial score (nSPS) is 13.3. The fourth-order valence-electron chi connectivity index (χ4n) is 1.88. The molecule has 0 N–H and O–H groups in total. The van der Waals surface area contributed by atoms with Crippen LogP contribution in [-0.4, -0.2) is 11.1 Å². The molecule has 0 aromatic heterocycles. The maximum Gasteiger partial charge on any atom is 0.0800 e. The van der Waals surface area contributed by atoms with E-state index in [9.17, 15) is 0 Å². The molecule has 2 heteroatoms. The summed E-state index contributed by atoms with van der Waals surface area (Å²) < 4.78 is 0. The largest absolute Gasteiger partial charge is 0.188 e. The second-order valence-electron chi connectivity index (χ2n) is 6.73. The van der Waals surface area contributed by atoms with E-state index in [1.54, 1.807) is 0 Å². The van der Waals surface area contributed by atoms with Gasteiger partial charge in [-0.3, -0.25) is 0 Å². The third-order valence-electron chi connectivity index (χ3n) is 2.87. The van der Waals surface area contributed by atoms with E-state index in [2.05, 4.69) is 76.9 Å². The molecule has 0 spiro atoms. The maximum atomic E-state index is 4.53. The molecule has 0 fully saturated rings. The van der Waals surface area contributed by atoms with Crippen molar-refractivity contribution in [3.63, 3.8) is 0 Å². The van der Waals surface area contributed by atoms with Gasteiger partial charge in [-0.2, -0.15) is 10.2 Å². The fraction of sp³-hybridized carbons (Fsp3) is 0.625. The zero-order valence-electron chi connectivity index (χ0n) is 12.8. The smallest absolute Gasteiger partial charge is 0.0800 e. The average Bonchev–Trinajstić information content (AvgIpc) is 2.20. The van der Waals surface area contributed by atoms with Crippen LogP contribution in [0, 0.1) is 13.8 Å². The van der Waals surface area contributed by atoms with Crippen molar-refractivity contribution in [1.29, 1.82) is 0 Å². The van der Waals surface area contributed by atoms with Crippen molar-refractivity contribution in [1.82, 2.24) is 0 Å². The highest BCUT2D eigenvalue weighted by Gasteiger charge is 2.21. The molecule has 1 aromatic rings. The quantitative estimate of drug-likeness (QED) is 0.679. The van der Waals surface area contributed by atoms with E-state index in [0.29, 0.717) is 0 Å². The van der Waals surface area contributed by atoms with Crippen molar-refractivity contribution in [2.24, 2.45) is 10.2 Å². The molecule has 18 heavy (non-hydrogen) atoms. The van der Waals surface area contributed by atoms with Gasteiger partial charge in [0.05, 0.1) is 11.1 Å². The zero-order chi connectivity index (χ0) is 14.0. The molecular weight excluding hydrogens is 220 g/mol. The van der Waals surface area contributed by atoms with Crippen LogP contribution in [0.3, 0.4) is 0 Å². The molecule has 0 aliphatic heterocycles. The summed E-state index contributed by atoms with van der Waals surface area (Å²) in [6.45, 7) is 14.9. The van der Waals surface area contributed by atoms with Gasteiger partial charge in [-0.1, -0.05) is 18.2 Å². The van der Waals surface area contributed by atoms with Gasteiger partial charge in [-0.15, -0.1) is 0 Å². The molecule has 2 nitrogen and oxygen atoms in total. The number of hydrogen-bond acceptors (Lipinski definition) is 2. The predicted molar refractivity (Wildman–Crippen MR) is 78.3 cm³/mol. The minimum atomic E-state index is -0.149.